The highest BCUT2D eigenvalue weighted by atomic mass is 16.6. The Balaban J connectivity index is 1.84. The summed E-state index contributed by atoms with van der Waals surface area (Å²) in [7, 11) is 0. The van der Waals surface area contributed by atoms with Crippen molar-refractivity contribution >= 4 is 22.9 Å². The highest BCUT2D eigenvalue weighted by Gasteiger charge is 2.38. The van der Waals surface area contributed by atoms with E-state index in [2.05, 4.69) is 15.6 Å². The molecule has 3 aromatic rings. The van der Waals surface area contributed by atoms with Crippen LogP contribution in [-0.2, 0) is 22.4 Å². The Labute approximate surface area is 200 Å². The minimum Gasteiger partial charge on any atom is -0.444 e. The second kappa shape index (κ2) is 10.7. The van der Waals surface area contributed by atoms with Gasteiger partial charge < -0.3 is 25.5 Å². The van der Waals surface area contributed by atoms with Crippen LogP contribution in [0.5, 0.6) is 0 Å². The minimum absolute atomic E-state index is 0.225. The first kappa shape index (κ1) is 25.3. The number of amides is 2. The zero-order chi connectivity index (χ0) is 24.8. The van der Waals surface area contributed by atoms with Gasteiger partial charge in [0, 0.05) is 23.5 Å². The molecule has 1 aromatic heterocycles. The van der Waals surface area contributed by atoms with Gasteiger partial charge in [0.1, 0.15) is 11.1 Å². The fourth-order valence-corrected chi connectivity index (χ4v) is 3.82. The largest absolute Gasteiger partial charge is 0.444 e. The molecule has 2 aromatic carbocycles. The first-order valence-corrected chi connectivity index (χ1v) is 11.7. The number of benzene rings is 2. The van der Waals surface area contributed by atoms with Gasteiger partial charge in [0.05, 0.1) is 12.6 Å². The van der Waals surface area contributed by atoms with Crippen molar-refractivity contribution < 1.29 is 19.4 Å². The quantitative estimate of drug-likeness (QED) is 0.362. The van der Waals surface area contributed by atoms with Gasteiger partial charge in [-0.15, -0.1) is 0 Å². The number of nitrogens with one attached hydrogen (secondary N) is 3. The van der Waals surface area contributed by atoms with Crippen LogP contribution in [0.25, 0.3) is 10.9 Å². The molecule has 0 aliphatic rings. The van der Waals surface area contributed by atoms with Crippen LogP contribution in [0.2, 0.25) is 0 Å². The van der Waals surface area contributed by atoms with Crippen LogP contribution in [0.1, 0.15) is 45.2 Å². The number of aliphatic hydroxyl groups excluding tert-OH is 1. The van der Waals surface area contributed by atoms with Crippen LogP contribution in [-0.4, -0.2) is 45.9 Å². The van der Waals surface area contributed by atoms with Crippen molar-refractivity contribution in [1.29, 1.82) is 0 Å². The Morgan fingerprint density at radius 1 is 1.06 bits per heavy atom. The number of aromatic amines is 1. The number of rotatable bonds is 10. The van der Waals surface area contributed by atoms with Crippen LogP contribution in [0.3, 0.4) is 0 Å². The highest BCUT2D eigenvalue weighted by Crippen LogP contribution is 2.24. The Morgan fingerprint density at radius 3 is 2.41 bits per heavy atom. The summed E-state index contributed by atoms with van der Waals surface area (Å²) in [6, 6.07) is 17.0. The molecule has 1 heterocycles. The summed E-state index contributed by atoms with van der Waals surface area (Å²) in [6.45, 7) is 7.04. The molecule has 0 aliphatic carbocycles. The standard InChI is InChI=1S/C27H35N3O4/c1-5-26(2,3)34-25(33)30-27(4,16-20-17-28-23-14-10-9-13-22(20)23)24(32)29-21(18-31)15-19-11-7-6-8-12-19/h6-14,17,21,28,31H,5,15-16,18H2,1-4H3,(H,29,32)(H,30,33). The molecule has 0 radical (unpaired) electrons. The average molecular weight is 466 g/mol. The molecule has 7 heteroatoms. The molecule has 34 heavy (non-hydrogen) atoms. The van der Waals surface area contributed by atoms with E-state index in [4.69, 9.17) is 4.74 Å². The number of aliphatic hydroxyl groups is 1. The van der Waals surface area contributed by atoms with Crippen LogP contribution < -0.4 is 10.6 Å². The van der Waals surface area contributed by atoms with Crippen LogP contribution in [0.15, 0.2) is 60.8 Å². The monoisotopic (exact) mass is 465 g/mol. The fourth-order valence-electron chi connectivity index (χ4n) is 3.82. The maximum Gasteiger partial charge on any atom is 0.408 e. The summed E-state index contributed by atoms with van der Waals surface area (Å²) >= 11 is 0. The number of hydrogen-bond acceptors (Lipinski definition) is 4. The molecule has 2 atom stereocenters. The number of para-hydroxylation sites is 1. The van der Waals surface area contributed by atoms with Crippen molar-refractivity contribution in [2.24, 2.45) is 0 Å². The molecule has 0 bridgehead atoms. The Hall–Kier alpha value is -3.32. The summed E-state index contributed by atoms with van der Waals surface area (Å²) < 4.78 is 5.58. The third-order valence-electron chi connectivity index (χ3n) is 6.20. The number of hydrogen-bond donors (Lipinski definition) is 4. The fraction of sp³-hybridized carbons (Fsp3) is 0.407. The van der Waals surface area contributed by atoms with Gasteiger partial charge in [0.2, 0.25) is 5.91 Å². The number of fused-ring (bicyclic) bond motifs is 1. The van der Waals surface area contributed by atoms with E-state index < -0.39 is 23.3 Å². The van der Waals surface area contributed by atoms with E-state index in [-0.39, 0.29) is 18.9 Å². The molecule has 3 rings (SSSR count). The molecule has 4 N–H and O–H groups in total. The predicted octanol–water partition coefficient (Wildman–Crippen LogP) is 4.10. The zero-order valence-electron chi connectivity index (χ0n) is 20.4. The normalized spacial score (nSPS) is 14.3. The lowest BCUT2D eigenvalue weighted by atomic mass is 9.91. The van der Waals surface area contributed by atoms with Crippen molar-refractivity contribution in [3.05, 3.63) is 71.9 Å². The van der Waals surface area contributed by atoms with Crippen molar-refractivity contribution in [3.8, 4) is 0 Å². The summed E-state index contributed by atoms with van der Waals surface area (Å²) in [6.07, 6.45) is 2.54. The van der Waals surface area contributed by atoms with E-state index in [1.54, 1.807) is 6.92 Å². The second-order valence-corrected chi connectivity index (χ2v) is 9.54. The molecule has 0 aliphatic heterocycles. The lowest BCUT2D eigenvalue weighted by Gasteiger charge is -2.33. The zero-order valence-corrected chi connectivity index (χ0v) is 20.4. The van der Waals surface area contributed by atoms with Gasteiger partial charge in [0.25, 0.3) is 0 Å². The van der Waals surface area contributed by atoms with Gasteiger partial charge in [-0.25, -0.2) is 4.79 Å². The summed E-state index contributed by atoms with van der Waals surface area (Å²) in [4.78, 5) is 29.6. The van der Waals surface area contributed by atoms with Gasteiger partial charge >= 0.3 is 6.09 Å². The molecule has 2 unspecified atom stereocenters. The maximum absolute atomic E-state index is 13.6. The van der Waals surface area contributed by atoms with Crippen molar-refractivity contribution in [2.45, 2.75) is 64.1 Å². The Kier molecular flexibility index (Phi) is 7.99. The number of aromatic nitrogens is 1. The molecule has 2 amide bonds. The van der Waals surface area contributed by atoms with E-state index in [1.807, 2.05) is 81.6 Å². The lowest BCUT2D eigenvalue weighted by molar-refractivity contribution is -0.128. The average Bonchev–Trinajstić information content (AvgIpc) is 3.21. The molecular formula is C27H35N3O4. The summed E-state index contributed by atoms with van der Waals surface area (Å²) in [5.41, 5.74) is 0.871. The highest BCUT2D eigenvalue weighted by molar-refractivity contribution is 5.91. The van der Waals surface area contributed by atoms with Gasteiger partial charge in [-0.05, 0) is 50.8 Å². The number of alkyl carbamates (subject to hydrolysis) is 1. The van der Waals surface area contributed by atoms with Crippen molar-refractivity contribution in [3.63, 3.8) is 0 Å². The Morgan fingerprint density at radius 2 is 1.74 bits per heavy atom. The first-order chi connectivity index (χ1) is 16.2. The molecule has 0 saturated heterocycles. The molecule has 0 fully saturated rings. The van der Waals surface area contributed by atoms with E-state index in [0.29, 0.717) is 12.8 Å². The van der Waals surface area contributed by atoms with Crippen LogP contribution in [0.4, 0.5) is 4.79 Å². The summed E-state index contributed by atoms with van der Waals surface area (Å²) in [5.74, 6) is -0.390. The summed E-state index contributed by atoms with van der Waals surface area (Å²) in [5, 5.41) is 16.7. The smallest absolute Gasteiger partial charge is 0.408 e. The van der Waals surface area contributed by atoms with Gasteiger partial charge in [-0.2, -0.15) is 0 Å². The Bertz CT molecular complexity index is 1110. The number of carbonyl (C=O) groups is 2. The number of ether oxygens (including phenoxy) is 1. The van der Waals surface area contributed by atoms with Crippen molar-refractivity contribution in [1.82, 2.24) is 15.6 Å². The molecule has 182 valence electrons. The van der Waals surface area contributed by atoms with Crippen LogP contribution >= 0.6 is 0 Å². The lowest BCUT2D eigenvalue weighted by Crippen LogP contribution is -2.61. The van der Waals surface area contributed by atoms with Crippen LogP contribution in [0, 0.1) is 0 Å². The van der Waals surface area contributed by atoms with E-state index >= 15 is 0 Å². The minimum atomic E-state index is -1.31. The van der Waals surface area contributed by atoms with Gasteiger partial charge in [-0.1, -0.05) is 55.5 Å². The molecular weight excluding hydrogens is 430 g/mol. The first-order valence-electron chi connectivity index (χ1n) is 11.7. The third kappa shape index (κ3) is 6.38. The maximum atomic E-state index is 13.6. The predicted molar refractivity (Wildman–Crippen MR) is 134 cm³/mol. The van der Waals surface area contributed by atoms with E-state index in [1.165, 1.54) is 0 Å². The number of carbonyl (C=O) groups excluding carboxylic acids is 2. The van der Waals surface area contributed by atoms with E-state index in [9.17, 15) is 14.7 Å². The second-order valence-electron chi connectivity index (χ2n) is 9.54. The third-order valence-corrected chi connectivity index (χ3v) is 6.20. The van der Waals surface area contributed by atoms with Gasteiger partial charge in [-0.3, -0.25) is 4.79 Å². The molecule has 0 spiro atoms. The number of H-pyrrole nitrogens is 1. The topological polar surface area (TPSA) is 103 Å². The SMILES string of the molecule is CCC(C)(C)OC(=O)NC(C)(Cc1c[nH]c2ccccc12)C(=O)NC(CO)Cc1ccccc1. The van der Waals surface area contributed by atoms with Crippen molar-refractivity contribution in [2.75, 3.05) is 6.61 Å². The molecule has 7 nitrogen and oxygen atoms in total. The van der Waals surface area contributed by atoms with Gasteiger partial charge in [0.15, 0.2) is 0 Å². The molecule has 0 saturated carbocycles. The van der Waals surface area contributed by atoms with E-state index in [0.717, 1.165) is 22.0 Å².